The van der Waals surface area contributed by atoms with Gasteiger partial charge in [-0.1, -0.05) is 47.9 Å². The summed E-state index contributed by atoms with van der Waals surface area (Å²) in [7, 11) is 0. The zero-order chi connectivity index (χ0) is 15.2. The SMILES string of the molecule is CC/C(=N/O)c1ccccc1OCc1cccc(Cl)c1F. The van der Waals surface area contributed by atoms with Crippen LogP contribution in [0.15, 0.2) is 47.6 Å². The predicted octanol–water partition coefficient (Wildman–Crippen LogP) is 4.65. The molecule has 0 bridgehead atoms. The van der Waals surface area contributed by atoms with Crippen molar-refractivity contribution >= 4 is 17.3 Å². The van der Waals surface area contributed by atoms with Crippen LogP contribution in [0.3, 0.4) is 0 Å². The van der Waals surface area contributed by atoms with E-state index in [0.717, 1.165) is 0 Å². The number of hydrogen-bond acceptors (Lipinski definition) is 3. The van der Waals surface area contributed by atoms with Crippen molar-refractivity contribution in [3.8, 4) is 5.75 Å². The molecule has 0 heterocycles. The largest absolute Gasteiger partial charge is 0.488 e. The standard InChI is InChI=1S/C16H15ClFNO2/c1-2-14(19-20)12-7-3-4-9-15(12)21-10-11-6-5-8-13(17)16(11)18/h3-9,20H,2,10H2,1H3/b19-14-. The molecule has 0 radical (unpaired) electrons. The van der Waals surface area contributed by atoms with E-state index in [1.807, 2.05) is 13.0 Å². The van der Waals surface area contributed by atoms with Crippen molar-refractivity contribution in [1.29, 1.82) is 0 Å². The third-order valence-corrected chi connectivity index (χ3v) is 3.36. The summed E-state index contributed by atoms with van der Waals surface area (Å²) in [6.45, 7) is 1.92. The molecule has 0 spiro atoms. The van der Waals surface area contributed by atoms with Gasteiger partial charge in [0.25, 0.3) is 0 Å². The molecule has 5 heteroatoms. The summed E-state index contributed by atoms with van der Waals surface area (Å²) >= 11 is 5.74. The van der Waals surface area contributed by atoms with Crippen LogP contribution in [-0.4, -0.2) is 10.9 Å². The second-order valence-electron chi connectivity index (χ2n) is 4.40. The number of nitrogens with zero attached hydrogens (tertiary/aromatic N) is 1. The molecule has 2 aromatic carbocycles. The van der Waals surface area contributed by atoms with Gasteiger partial charge >= 0.3 is 0 Å². The Morgan fingerprint density at radius 2 is 2.00 bits per heavy atom. The van der Waals surface area contributed by atoms with Crippen molar-refractivity contribution < 1.29 is 14.3 Å². The van der Waals surface area contributed by atoms with Gasteiger partial charge in [0.05, 0.1) is 10.7 Å². The van der Waals surface area contributed by atoms with Crippen molar-refractivity contribution in [3.05, 3.63) is 64.4 Å². The highest BCUT2D eigenvalue weighted by Gasteiger charge is 2.11. The van der Waals surface area contributed by atoms with Gasteiger partial charge in [-0.15, -0.1) is 0 Å². The summed E-state index contributed by atoms with van der Waals surface area (Å²) in [5.74, 6) is 0.0507. The van der Waals surface area contributed by atoms with Crippen LogP contribution >= 0.6 is 11.6 Å². The minimum Gasteiger partial charge on any atom is -0.488 e. The molecule has 2 rings (SSSR count). The maximum Gasteiger partial charge on any atom is 0.148 e. The van der Waals surface area contributed by atoms with E-state index in [-0.39, 0.29) is 11.6 Å². The Morgan fingerprint density at radius 1 is 1.24 bits per heavy atom. The zero-order valence-corrected chi connectivity index (χ0v) is 12.3. The van der Waals surface area contributed by atoms with E-state index in [2.05, 4.69) is 5.16 Å². The molecule has 1 N–H and O–H groups in total. The smallest absolute Gasteiger partial charge is 0.148 e. The van der Waals surface area contributed by atoms with E-state index in [0.29, 0.717) is 29.0 Å². The molecule has 0 aliphatic heterocycles. The number of benzene rings is 2. The summed E-state index contributed by atoms with van der Waals surface area (Å²) in [6, 6.07) is 11.9. The number of hydrogen-bond donors (Lipinski definition) is 1. The van der Waals surface area contributed by atoms with Gasteiger partial charge in [-0.2, -0.15) is 0 Å². The van der Waals surface area contributed by atoms with Crippen molar-refractivity contribution in [2.75, 3.05) is 0 Å². The zero-order valence-electron chi connectivity index (χ0n) is 11.5. The lowest BCUT2D eigenvalue weighted by atomic mass is 10.1. The fraction of sp³-hybridized carbons (Fsp3) is 0.188. The van der Waals surface area contributed by atoms with Crippen molar-refractivity contribution in [2.45, 2.75) is 20.0 Å². The van der Waals surface area contributed by atoms with Gasteiger partial charge in [0.1, 0.15) is 18.2 Å². The van der Waals surface area contributed by atoms with E-state index >= 15 is 0 Å². The lowest BCUT2D eigenvalue weighted by molar-refractivity contribution is 0.297. The van der Waals surface area contributed by atoms with Crippen LogP contribution in [0.2, 0.25) is 5.02 Å². The van der Waals surface area contributed by atoms with Gasteiger partial charge in [-0.05, 0) is 24.6 Å². The second-order valence-corrected chi connectivity index (χ2v) is 4.81. The summed E-state index contributed by atoms with van der Waals surface area (Å²) in [5.41, 5.74) is 1.57. The third-order valence-electron chi connectivity index (χ3n) is 3.07. The highest BCUT2D eigenvalue weighted by Crippen LogP contribution is 2.23. The number of halogens is 2. The van der Waals surface area contributed by atoms with Crippen LogP contribution in [0, 0.1) is 5.82 Å². The van der Waals surface area contributed by atoms with E-state index in [4.69, 9.17) is 21.5 Å². The maximum atomic E-state index is 13.8. The monoisotopic (exact) mass is 307 g/mol. The van der Waals surface area contributed by atoms with Crippen LogP contribution in [0.4, 0.5) is 4.39 Å². The highest BCUT2D eigenvalue weighted by molar-refractivity contribution is 6.30. The van der Waals surface area contributed by atoms with Gasteiger partial charge in [-0.3, -0.25) is 0 Å². The molecule has 3 nitrogen and oxygen atoms in total. The van der Waals surface area contributed by atoms with Crippen LogP contribution in [-0.2, 0) is 6.61 Å². The molecule has 0 saturated heterocycles. The Hall–Kier alpha value is -2.07. The summed E-state index contributed by atoms with van der Waals surface area (Å²) in [6.07, 6.45) is 0.558. The molecular weight excluding hydrogens is 293 g/mol. The molecule has 21 heavy (non-hydrogen) atoms. The molecule has 110 valence electrons. The van der Waals surface area contributed by atoms with E-state index in [1.54, 1.807) is 30.3 Å². The summed E-state index contributed by atoms with van der Waals surface area (Å²) in [5, 5.41) is 12.4. The van der Waals surface area contributed by atoms with Gasteiger partial charge in [0, 0.05) is 11.1 Å². The first-order valence-corrected chi connectivity index (χ1v) is 6.91. The van der Waals surface area contributed by atoms with E-state index in [1.165, 1.54) is 6.07 Å². The Labute approximate surface area is 127 Å². The van der Waals surface area contributed by atoms with Crippen molar-refractivity contribution in [3.63, 3.8) is 0 Å². The van der Waals surface area contributed by atoms with Gasteiger partial charge < -0.3 is 9.94 Å². The first kappa shape index (κ1) is 15.3. The molecule has 2 aromatic rings. The minimum absolute atomic E-state index is 0.0474. The first-order valence-electron chi connectivity index (χ1n) is 6.53. The normalized spacial score (nSPS) is 11.5. The maximum absolute atomic E-state index is 13.8. The molecule has 0 aliphatic carbocycles. The second kappa shape index (κ2) is 7.09. The van der Waals surface area contributed by atoms with Crippen LogP contribution < -0.4 is 4.74 Å². The minimum atomic E-state index is -0.483. The quantitative estimate of drug-likeness (QED) is 0.496. The molecule has 0 atom stereocenters. The van der Waals surface area contributed by atoms with E-state index in [9.17, 15) is 4.39 Å². The highest BCUT2D eigenvalue weighted by atomic mass is 35.5. The number of oxime groups is 1. The predicted molar refractivity (Wildman–Crippen MR) is 80.8 cm³/mol. The first-order chi connectivity index (χ1) is 10.2. The average molecular weight is 308 g/mol. The van der Waals surface area contributed by atoms with Crippen molar-refractivity contribution in [1.82, 2.24) is 0 Å². The third kappa shape index (κ3) is 3.52. The van der Waals surface area contributed by atoms with Crippen LogP contribution in [0.25, 0.3) is 0 Å². The lowest BCUT2D eigenvalue weighted by Crippen LogP contribution is -2.05. The number of para-hydroxylation sites is 1. The van der Waals surface area contributed by atoms with Crippen LogP contribution in [0.1, 0.15) is 24.5 Å². The molecule has 0 amide bonds. The topological polar surface area (TPSA) is 41.8 Å². The number of rotatable bonds is 5. The fourth-order valence-corrected chi connectivity index (χ4v) is 2.16. The fourth-order valence-electron chi connectivity index (χ4n) is 1.96. The van der Waals surface area contributed by atoms with Crippen LogP contribution in [0.5, 0.6) is 5.75 Å². The van der Waals surface area contributed by atoms with Gasteiger partial charge in [0.2, 0.25) is 0 Å². The Morgan fingerprint density at radius 3 is 2.71 bits per heavy atom. The summed E-state index contributed by atoms with van der Waals surface area (Å²) in [4.78, 5) is 0. The molecule has 0 unspecified atom stereocenters. The van der Waals surface area contributed by atoms with Gasteiger partial charge in [-0.25, -0.2) is 4.39 Å². The molecule has 0 aliphatic rings. The van der Waals surface area contributed by atoms with E-state index < -0.39 is 5.82 Å². The summed E-state index contributed by atoms with van der Waals surface area (Å²) < 4.78 is 19.5. The molecular formula is C16H15ClFNO2. The Bertz CT molecular complexity index is 658. The molecule has 0 aromatic heterocycles. The number of ether oxygens (including phenoxy) is 1. The average Bonchev–Trinajstić information content (AvgIpc) is 2.51. The van der Waals surface area contributed by atoms with Crippen molar-refractivity contribution in [2.24, 2.45) is 5.16 Å². The Balaban J connectivity index is 2.23. The van der Waals surface area contributed by atoms with Gasteiger partial charge in [0.15, 0.2) is 0 Å². The Kier molecular flexibility index (Phi) is 5.17. The lowest BCUT2D eigenvalue weighted by Gasteiger charge is -2.12. The molecule has 0 fully saturated rings. The molecule has 0 saturated carbocycles.